The molecule has 0 amide bonds. The lowest BCUT2D eigenvalue weighted by Gasteiger charge is -2.06. The number of carbonyl (C=O) groups is 1. The van der Waals surface area contributed by atoms with E-state index in [-0.39, 0.29) is 6.10 Å². The van der Waals surface area contributed by atoms with Crippen molar-refractivity contribution in [3.8, 4) is 0 Å². The van der Waals surface area contributed by atoms with Crippen LogP contribution in [0.1, 0.15) is 0 Å². The van der Waals surface area contributed by atoms with E-state index in [1.165, 1.54) is 0 Å². The normalized spacial score (nSPS) is 24.4. The van der Waals surface area contributed by atoms with Gasteiger partial charge < -0.3 is 15.2 Å². The Kier molecular flexibility index (Phi) is 3.16. The van der Waals surface area contributed by atoms with Crippen LogP contribution in [-0.4, -0.2) is 37.1 Å². The van der Waals surface area contributed by atoms with Crippen LogP contribution >= 0.6 is 12.6 Å². The highest BCUT2D eigenvalue weighted by atomic mass is 32.1. The lowest BCUT2D eigenvalue weighted by atomic mass is 10.4. The van der Waals surface area contributed by atoms with E-state index < -0.39 is 12.0 Å². The third-order valence-corrected chi connectivity index (χ3v) is 1.71. The summed E-state index contributed by atoms with van der Waals surface area (Å²) in [5.74, 6) is -0.0971. The van der Waals surface area contributed by atoms with Gasteiger partial charge in [0.15, 0.2) is 0 Å². The number of epoxide rings is 1. The van der Waals surface area contributed by atoms with Crippen LogP contribution in [-0.2, 0) is 14.3 Å². The molecule has 0 bridgehead atoms. The summed E-state index contributed by atoms with van der Waals surface area (Å²) in [5, 5.41) is 0. The van der Waals surface area contributed by atoms with Crippen LogP contribution in [0, 0.1) is 0 Å². The Morgan fingerprint density at radius 1 is 1.91 bits per heavy atom. The highest BCUT2D eigenvalue weighted by Crippen LogP contribution is 2.08. The van der Waals surface area contributed by atoms with Gasteiger partial charge in [0.25, 0.3) is 0 Å². The van der Waals surface area contributed by atoms with E-state index in [9.17, 15) is 4.79 Å². The number of thiol groups is 1. The topological polar surface area (TPSA) is 64.9 Å². The van der Waals surface area contributed by atoms with Crippen molar-refractivity contribution in [2.24, 2.45) is 5.73 Å². The van der Waals surface area contributed by atoms with Crippen LogP contribution in [0.5, 0.6) is 0 Å². The molecular weight excluding hydrogens is 166 g/mol. The Balaban J connectivity index is 2.08. The molecule has 0 radical (unpaired) electrons. The summed E-state index contributed by atoms with van der Waals surface area (Å²) in [6, 6.07) is -0.614. The molecule has 11 heavy (non-hydrogen) atoms. The maximum absolute atomic E-state index is 10.9. The summed E-state index contributed by atoms with van der Waals surface area (Å²) < 4.78 is 9.62. The fraction of sp³-hybridized carbons (Fsp3) is 0.833. The van der Waals surface area contributed by atoms with Crippen molar-refractivity contribution in [3.05, 3.63) is 0 Å². The Hall–Kier alpha value is -0.260. The highest BCUT2D eigenvalue weighted by Gasteiger charge is 2.25. The average Bonchev–Trinajstić information content (AvgIpc) is 2.81. The molecule has 0 aliphatic carbocycles. The van der Waals surface area contributed by atoms with Gasteiger partial charge in [-0.25, -0.2) is 0 Å². The van der Waals surface area contributed by atoms with Crippen molar-refractivity contribution < 1.29 is 14.3 Å². The minimum Gasteiger partial charge on any atom is -0.462 e. The molecule has 1 saturated heterocycles. The number of rotatable bonds is 4. The monoisotopic (exact) mass is 177 g/mol. The van der Waals surface area contributed by atoms with Crippen molar-refractivity contribution in [1.82, 2.24) is 0 Å². The molecule has 2 atom stereocenters. The van der Waals surface area contributed by atoms with Gasteiger partial charge in [0.05, 0.1) is 6.61 Å². The van der Waals surface area contributed by atoms with Crippen molar-refractivity contribution in [3.63, 3.8) is 0 Å². The summed E-state index contributed by atoms with van der Waals surface area (Å²) in [6.45, 7) is 1.00. The molecule has 5 heteroatoms. The smallest absolute Gasteiger partial charge is 0.323 e. The van der Waals surface area contributed by atoms with E-state index in [1.807, 2.05) is 0 Å². The van der Waals surface area contributed by atoms with E-state index in [1.54, 1.807) is 0 Å². The molecule has 0 aromatic carbocycles. The maximum Gasteiger partial charge on any atom is 0.323 e. The van der Waals surface area contributed by atoms with Gasteiger partial charge in [-0.05, 0) is 0 Å². The van der Waals surface area contributed by atoms with Crippen molar-refractivity contribution in [1.29, 1.82) is 0 Å². The number of hydrogen-bond acceptors (Lipinski definition) is 5. The third kappa shape index (κ3) is 3.09. The Morgan fingerprint density at radius 3 is 3.00 bits per heavy atom. The number of hydrogen-bond donors (Lipinski definition) is 2. The lowest BCUT2D eigenvalue weighted by molar-refractivity contribution is -0.145. The lowest BCUT2D eigenvalue weighted by Crippen LogP contribution is -2.34. The summed E-state index contributed by atoms with van der Waals surface area (Å²) >= 11 is 3.86. The summed E-state index contributed by atoms with van der Waals surface area (Å²) in [6.07, 6.45) is 0.103. The molecule has 0 spiro atoms. The molecule has 1 aliphatic rings. The summed E-state index contributed by atoms with van der Waals surface area (Å²) in [4.78, 5) is 10.9. The molecule has 1 fully saturated rings. The number of ether oxygens (including phenoxy) is 2. The van der Waals surface area contributed by atoms with Gasteiger partial charge in [0.1, 0.15) is 18.8 Å². The van der Waals surface area contributed by atoms with Crippen molar-refractivity contribution in [2.45, 2.75) is 12.1 Å². The van der Waals surface area contributed by atoms with E-state index in [2.05, 4.69) is 12.6 Å². The molecule has 0 saturated carbocycles. The van der Waals surface area contributed by atoms with Gasteiger partial charge in [-0.1, -0.05) is 0 Å². The zero-order chi connectivity index (χ0) is 8.27. The summed E-state index contributed by atoms with van der Waals surface area (Å²) in [5.41, 5.74) is 5.33. The van der Waals surface area contributed by atoms with E-state index in [0.29, 0.717) is 19.0 Å². The van der Waals surface area contributed by atoms with E-state index >= 15 is 0 Å². The number of esters is 1. The first-order valence-corrected chi connectivity index (χ1v) is 4.02. The van der Waals surface area contributed by atoms with Crippen LogP contribution < -0.4 is 5.73 Å². The Morgan fingerprint density at radius 2 is 2.55 bits per heavy atom. The van der Waals surface area contributed by atoms with Crippen LogP contribution in [0.25, 0.3) is 0 Å². The Labute approximate surface area is 70.4 Å². The van der Waals surface area contributed by atoms with Gasteiger partial charge in [-0.2, -0.15) is 12.6 Å². The molecule has 1 rings (SSSR count). The minimum atomic E-state index is -0.614. The second-order valence-electron chi connectivity index (χ2n) is 2.37. The molecule has 1 heterocycles. The van der Waals surface area contributed by atoms with Gasteiger partial charge in [-0.15, -0.1) is 0 Å². The largest absolute Gasteiger partial charge is 0.462 e. The predicted molar refractivity (Wildman–Crippen MR) is 42.5 cm³/mol. The molecule has 0 aromatic heterocycles. The quantitative estimate of drug-likeness (QED) is 0.335. The average molecular weight is 177 g/mol. The molecular formula is C6H11NO3S. The van der Waals surface area contributed by atoms with Crippen LogP contribution in [0.2, 0.25) is 0 Å². The first kappa shape index (κ1) is 8.83. The fourth-order valence-electron chi connectivity index (χ4n) is 0.521. The zero-order valence-corrected chi connectivity index (χ0v) is 6.92. The molecule has 64 valence electrons. The van der Waals surface area contributed by atoms with Gasteiger partial charge >= 0.3 is 5.97 Å². The minimum absolute atomic E-state index is 0.103. The molecule has 0 aromatic rings. The van der Waals surface area contributed by atoms with E-state index in [4.69, 9.17) is 15.2 Å². The van der Waals surface area contributed by atoms with Crippen LogP contribution in [0.3, 0.4) is 0 Å². The predicted octanol–water partition coefficient (Wildman–Crippen LogP) is -0.815. The summed E-state index contributed by atoms with van der Waals surface area (Å²) in [7, 11) is 0. The number of carbonyl (C=O) groups excluding carboxylic acids is 1. The third-order valence-electron chi connectivity index (χ3n) is 1.31. The molecule has 4 nitrogen and oxygen atoms in total. The van der Waals surface area contributed by atoms with Gasteiger partial charge in [0, 0.05) is 5.75 Å². The van der Waals surface area contributed by atoms with E-state index in [0.717, 1.165) is 0 Å². The van der Waals surface area contributed by atoms with Crippen molar-refractivity contribution >= 4 is 18.6 Å². The number of nitrogens with two attached hydrogens (primary N) is 1. The van der Waals surface area contributed by atoms with Gasteiger partial charge in [-0.3, -0.25) is 4.79 Å². The second-order valence-corrected chi connectivity index (χ2v) is 2.74. The van der Waals surface area contributed by atoms with Crippen LogP contribution in [0.15, 0.2) is 0 Å². The van der Waals surface area contributed by atoms with Gasteiger partial charge in [0.2, 0.25) is 0 Å². The standard InChI is InChI=1S/C6H11NO3S/c7-5(3-11)6(8)10-2-4-1-9-4/h4-5,11H,1-3,7H2/t4?,5-/m0/s1. The Bertz CT molecular complexity index is 149. The highest BCUT2D eigenvalue weighted by molar-refractivity contribution is 7.80. The van der Waals surface area contributed by atoms with Crippen molar-refractivity contribution in [2.75, 3.05) is 19.0 Å². The zero-order valence-electron chi connectivity index (χ0n) is 6.03. The second kappa shape index (κ2) is 3.94. The fourth-order valence-corrected chi connectivity index (χ4v) is 0.670. The SMILES string of the molecule is N[C@@H](CS)C(=O)OCC1CO1. The first-order chi connectivity index (χ1) is 5.24. The van der Waals surface area contributed by atoms with Crippen LogP contribution in [0.4, 0.5) is 0 Å². The molecule has 1 unspecified atom stereocenters. The first-order valence-electron chi connectivity index (χ1n) is 3.38. The molecule has 2 N–H and O–H groups in total. The molecule has 1 aliphatic heterocycles. The maximum atomic E-state index is 10.9.